The number of likely N-dealkylation sites (tertiary alicyclic amines) is 1. The number of nitrogens with one attached hydrogen (secondary N) is 1. The maximum Gasteiger partial charge on any atom is 0.228 e. The molecule has 2 amide bonds. The van der Waals surface area contributed by atoms with Crippen molar-refractivity contribution in [3.8, 4) is 0 Å². The normalized spacial score (nSPS) is 18.0. The van der Waals surface area contributed by atoms with Crippen molar-refractivity contribution in [3.63, 3.8) is 0 Å². The van der Waals surface area contributed by atoms with E-state index in [0.717, 1.165) is 12.8 Å². The van der Waals surface area contributed by atoms with Gasteiger partial charge in [-0.2, -0.15) is 0 Å². The van der Waals surface area contributed by atoms with Crippen LogP contribution in [0.5, 0.6) is 0 Å². The molecule has 1 aliphatic heterocycles. The summed E-state index contributed by atoms with van der Waals surface area (Å²) in [6.07, 6.45) is 1.55. The topological polar surface area (TPSA) is 49.4 Å². The van der Waals surface area contributed by atoms with Gasteiger partial charge in [-0.05, 0) is 18.8 Å². The van der Waals surface area contributed by atoms with E-state index in [1.54, 1.807) is 7.05 Å². The van der Waals surface area contributed by atoms with Crippen molar-refractivity contribution < 1.29 is 9.59 Å². The molecule has 1 rings (SSSR count). The molecular formula is C14H26N2O2. The summed E-state index contributed by atoms with van der Waals surface area (Å²) in [6, 6.07) is 0. The highest BCUT2D eigenvalue weighted by molar-refractivity contribution is 5.83. The van der Waals surface area contributed by atoms with E-state index in [4.69, 9.17) is 0 Å². The molecule has 0 aromatic rings. The van der Waals surface area contributed by atoms with E-state index >= 15 is 0 Å². The lowest BCUT2D eigenvalue weighted by molar-refractivity contribution is -0.145. The van der Waals surface area contributed by atoms with Crippen molar-refractivity contribution in [2.45, 2.75) is 40.5 Å². The lowest BCUT2D eigenvalue weighted by Crippen LogP contribution is -2.48. The minimum atomic E-state index is -0.320. The molecule has 0 saturated carbocycles. The van der Waals surface area contributed by atoms with E-state index in [1.807, 2.05) is 18.7 Å². The Balaban J connectivity index is 2.58. The number of hydrogen-bond donors (Lipinski definition) is 1. The smallest absolute Gasteiger partial charge is 0.228 e. The number of carbonyl (C=O) groups is 2. The van der Waals surface area contributed by atoms with Crippen LogP contribution in [-0.2, 0) is 9.59 Å². The van der Waals surface area contributed by atoms with Gasteiger partial charge in [0.25, 0.3) is 0 Å². The number of rotatable bonds is 3. The lowest BCUT2D eigenvalue weighted by Gasteiger charge is -2.38. The van der Waals surface area contributed by atoms with E-state index in [-0.39, 0.29) is 23.1 Å². The summed E-state index contributed by atoms with van der Waals surface area (Å²) >= 11 is 0. The predicted octanol–water partition coefficient (Wildman–Crippen LogP) is 1.65. The van der Waals surface area contributed by atoms with Gasteiger partial charge in [-0.1, -0.05) is 27.7 Å². The summed E-state index contributed by atoms with van der Waals surface area (Å²) in [5.74, 6) is 0.709. The highest BCUT2D eigenvalue weighted by Crippen LogP contribution is 2.30. The zero-order chi connectivity index (χ0) is 13.9. The summed E-state index contributed by atoms with van der Waals surface area (Å²) in [7, 11) is 1.67. The molecular weight excluding hydrogens is 228 g/mol. The molecule has 0 aromatic heterocycles. The molecule has 1 N–H and O–H groups in total. The minimum Gasteiger partial charge on any atom is -0.359 e. The number of hydrogen-bond acceptors (Lipinski definition) is 2. The van der Waals surface area contributed by atoms with Crippen molar-refractivity contribution in [3.05, 3.63) is 0 Å². The van der Waals surface area contributed by atoms with Gasteiger partial charge in [0.15, 0.2) is 0 Å². The Morgan fingerprint density at radius 3 is 2.11 bits per heavy atom. The van der Waals surface area contributed by atoms with Crippen molar-refractivity contribution in [1.29, 1.82) is 0 Å². The predicted molar refractivity (Wildman–Crippen MR) is 72.0 cm³/mol. The third-order valence-electron chi connectivity index (χ3n) is 4.39. The number of piperidine rings is 1. The maximum absolute atomic E-state index is 12.4. The molecule has 4 nitrogen and oxygen atoms in total. The Labute approximate surface area is 110 Å². The van der Waals surface area contributed by atoms with Crippen molar-refractivity contribution in [2.75, 3.05) is 20.1 Å². The minimum absolute atomic E-state index is 0.0706. The van der Waals surface area contributed by atoms with Crippen LogP contribution >= 0.6 is 0 Å². The SMILES string of the molecule is CNC(=O)C1CCN(C(=O)C(C)(C)C(C)C)CC1. The molecule has 0 unspecified atom stereocenters. The zero-order valence-corrected chi connectivity index (χ0v) is 12.2. The third-order valence-corrected chi connectivity index (χ3v) is 4.39. The van der Waals surface area contributed by atoms with E-state index in [0.29, 0.717) is 19.0 Å². The molecule has 1 fully saturated rings. The standard InChI is InChI=1S/C14H26N2O2/c1-10(2)14(3,4)13(18)16-8-6-11(7-9-16)12(17)15-5/h10-11H,6-9H2,1-5H3,(H,15,17). The van der Waals surface area contributed by atoms with Crippen molar-refractivity contribution >= 4 is 11.8 Å². The Morgan fingerprint density at radius 1 is 1.22 bits per heavy atom. The van der Waals surface area contributed by atoms with Crippen LogP contribution < -0.4 is 5.32 Å². The molecule has 0 aliphatic carbocycles. The fraction of sp³-hybridized carbons (Fsp3) is 0.857. The van der Waals surface area contributed by atoms with Crippen LogP contribution in [0, 0.1) is 17.3 Å². The van der Waals surface area contributed by atoms with Gasteiger partial charge in [-0.25, -0.2) is 0 Å². The molecule has 1 saturated heterocycles. The van der Waals surface area contributed by atoms with Gasteiger partial charge in [0.2, 0.25) is 11.8 Å². The van der Waals surface area contributed by atoms with E-state index in [2.05, 4.69) is 19.2 Å². The number of amides is 2. The Morgan fingerprint density at radius 2 is 1.72 bits per heavy atom. The van der Waals surface area contributed by atoms with Crippen LogP contribution in [-0.4, -0.2) is 36.9 Å². The first kappa shape index (κ1) is 15.0. The first-order chi connectivity index (χ1) is 8.30. The van der Waals surface area contributed by atoms with Crippen LogP contribution in [0.15, 0.2) is 0 Å². The molecule has 1 heterocycles. The van der Waals surface area contributed by atoms with Gasteiger partial charge in [0.05, 0.1) is 0 Å². The highest BCUT2D eigenvalue weighted by Gasteiger charge is 2.37. The Hall–Kier alpha value is -1.06. The number of nitrogens with zero attached hydrogens (tertiary/aromatic N) is 1. The molecule has 4 heteroatoms. The Kier molecular flexibility index (Phi) is 4.77. The number of carbonyl (C=O) groups excluding carboxylic acids is 2. The highest BCUT2D eigenvalue weighted by atomic mass is 16.2. The molecule has 104 valence electrons. The Bertz CT molecular complexity index is 316. The quantitative estimate of drug-likeness (QED) is 0.832. The van der Waals surface area contributed by atoms with Gasteiger partial charge in [-0.15, -0.1) is 0 Å². The zero-order valence-electron chi connectivity index (χ0n) is 12.2. The first-order valence-corrected chi connectivity index (χ1v) is 6.81. The molecule has 0 atom stereocenters. The van der Waals surface area contributed by atoms with Crippen LogP contribution in [0.25, 0.3) is 0 Å². The second-order valence-electron chi connectivity index (χ2n) is 6.06. The third kappa shape index (κ3) is 3.03. The van der Waals surface area contributed by atoms with Crippen LogP contribution in [0.2, 0.25) is 0 Å². The van der Waals surface area contributed by atoms with Gasteiger partial charge >= 0.3 is 0 Å². The molecule has 18 heavy (non-hydrogen) atoms. The fourth-order valence-electron chi connectivity index (χ4n) is 2.20. The maximum atomic E-state index is 12.4. The second kappa shape index (κ2) is 5.72. The fourth-order valence-corrected chi connectivity index (χ4v) is 2.20. The summed E-state index contributed by atoms with van der Waals surface area (Å²) in [5.41, 5.74) is -0.320. The molecule has 1 aliphatic rings. The average molecular weight is 254 g/mol. The van der Waals surface area contributed by atoms with E-state index in [1.165, 1.54) is 0 Å². The van der Waals surface area contributed by atoms with Crippen LogP contribution in [0.3, 0.4) is 0 Å². The summed E-state index contributed by atoms with van der Waals surface area (Å²) in [4.78, 5) is 25.9. The van der Waals surface area contributed by atoms with Crippen molar-refractivity contribution in [2.24, 2.45) is 17.3 Å². The van der Waals surface area contributed by atoms with E-state index < -0.39 is 0 Å². The second-order valence-corrected chi connectivity index (χ2v) is 6.06. The summed E-state index contributed by atoms with van der Waals surface area (Å²) in [5, 5.41) is 2.68. The average Bonchev–Trinajstić information content (AvgIpc) is 2.36. The summed E-state index contributed by atoms with van der Waals surface area (Å²) < 4.78 is 0. The molecule has 0 aromatic carbocycles. The van der Waals surface area contributed by atoms with Gasteiger partial charge in [0, 0.05) is 31.5 Å². The molecule has 0 spiro atoms. The van der Waals surface area contributed by atoms with E-state index in [9.17, 15) is 9.59 Å². The largest absolute Gasteiger partial charge is 0.359 e. The van der Waals surface area contributed by atoms with Gasteiger partial charge in [-0.3, -0.25) is 9.59 Å². The first-order valence-electron chi connectivity index (χ1n) is 6.81. The van der Waals surface area contributed by atoms with Crippen LogP contribution in [0.1, 0.15) is 40.5 Å². The molecule has 0 radical (unpaired) electrons. The van der Waals surface area contributed by atoms with Crippen LogP contribution in [0.4, 0.5) is 0 Å². The van der Waals surface area contributed by atoms with Gasteiger partial charge < -0.3 is 10.2 Å². The lowest BCUT2D eigenvalue weighted by atomic mass is 9.79. The van der Waals surface area contributed by atoms with Crippen molar-refractivity contribution in [1.82, 2.24) is 10.2 Å². The monoisotopic (exact) mass is 254 g/mol. The molecule has 0 bridgehead atoms. The summed E-state index contributed by atoms with van der Waals surface area (Å²) in [6.45, 7) is 9.57. The van der Waals surface area contributed by atoms with Gasteiger partial charge in [0.1, 0.15) is 0 Å².